The molecule has 1 heterocycles. The van der Waals surface area contributed by atoms with Crippen molar-refractivity contribution in [2.75, 3.05) is 26.7 Å². The normalized spacial score (nSPS) is 22.2. The first-order chi connectivity index (χ1) is 6.20. The maximum absolute atomic E-state index is 12.6. The molecule has 0 aromatic rings. The van der Waals surface area contributed by atoms with Crippen LogP contribution >= 0.6 is 0 Å². The van der Waals surface area contributed by atoms with Crippen LogP contribution in [0.15, 0.2) is 0 Å². The minimum atomic E-state index is -0.663. The van der Waals surface area contributed by atoms with Crippen molar-refractivity contribution in [3.8, 4) is 0 Å². The van der Waals surface area contributed by atoms with E-state index in [1.807, 2.05) is 0 Å². The Labute approximate surface area is 80.5 Å². The van der Waals surface area contributed by atoms with Gasteiger partial charge in [0.15, 0.2) is 0 Å². The maximum Gasteiger partial charge on any atom is 0.0985 e. The maximum atomic E-state index is 12.6. The fraction of sp³-hybridized carbons (Fsp3) is 1.00. The fourth-order valence-corrected chi connectivity index (χ4v) is 1.81. The van der Waals surface area contributed by atoms with Crippen molar-refractivity contribution < 1.29 is 4.39 Å². The molecule has 2 nitrogen and oxygen atoms in total. The molecule has 0 aromatic heterocycles. The highest BCUT2D eigenvalue weighted by Crippen LogP contribution is 2.10. The molecule has 0 amide bonds. The van der Waals surface area contributed by atoms with Crippen LogP contribution in [0.2, 0.25) is 0 Å². The minimum absolute atomic E-state index is 0.663. The lowest BCUT2D eigenvalue weighted by Gasteiger charge is -2.31. The molecule has 1 unspecified atom stereocenters. The van der Waals surface area contributed by atoms with Crippen LogP contribution in [0.3, 0.4) is 0 Å². The van der Waals surface area contributed by atoms with E-state index in [0.29, 0.717) is 12.5 Å². The van der Waals surface area contributed by atoms with Crippen molar-refractivity contribution in [1.29, 1.82) is 0 Å². The molecule has 1 saturated heterocycles. The molecular formula is C10H21FN2. The third-order valence-electron chi connectivity index (χ3n) is 2.81. The van der Waals surface area contributed by atoms with Crippen LogP contribution in [0.1, 0.15) is 26.2 Å². The van der Waals surface area contributed by atoms with Crippen LogP contribution in [0.4, 0.5) is 4.39 Å². The largest absolute Gasteiger partial charge is 0.317 e. The van der Waals surface area contributed by atoms with E-state index in [2.05, 4.69) is 17.3 Å². The molecule has 13 heavy (non-hydrogen) atoms. The zero-order valence-corrected chi connectivity index (χ0v) is 8.72. The van der Waals surface area contributed by atoms with E-state index in [0.717, 1.165) is 19.6 Å². The van der Waals surface area contributed by atoms with Crippen molar-refractivity contribution in [3.05, 3.63) is 0 Å². The number of nitrogens with one attached hydrogen (secondary N) is 1. The Balaban J connectivity index is 2.17. The average Bonchev–Trinajstić information content (AvgIpc) is 2.15. The third-order valence-corrected chi connectivity index (χ3v) is 2.81. The highest BCUT2D eigenvalue weighted by molar-refractivity contribution is 4.75. The first-order valence-electron chi connectivity index (χ1n) is 5.25. The second kappa shape index (κ2) is 5.55. The lowest BCUT2D eigenvalue weighted by Crippen LogP contribution is -2.41. The predicted molar refractivity (Wildman–Crippen MR) is 53.7 cm³/mol. The molecule has 0 spiro atoms. The monoisotopic (exact) mass is 188 g/mol. The predicted octanol–water partition coefficient (Wildman–Crippen LogP) is 1.42. The van der Waals surface area contributed by atoms with E-state index in [4.69, 9.17) is 0 Å². The third kappa shape index (κ3) is 4.05. The van der Waals surface area contributed by atoms with Crippen molar-refractivity contribution in [2.24, 2.45) is 0 Å². The van der Waals surface area contributed by atoms with Gasteiger partial charge in [0, 0.05) is 12.6 Å². The molecule has 0 saturated carbocycles. The first kappa shape index (κ1) is 10.9. The van der Waals surface area contributed by atoms with Crippen molar-refractivity contribution in [3.63, 3.8) is 0 Å². The van der Waals surface area contributed by atoms with Crippen LogP contribution in [0.5, 0.6) is 0 Å². The quantitative estimate of drug-likeness (QED) is 0.718. The molecule has 0 aromatic carbocycles. The highest BCUT2D eigenvalue weighted by atomic mass is 19.1. The molecule has 3 heteroatoms. The zero-order valence-electron chi connectivity index (χ0n) is 8.72. The number of hydrogen-bond donors (Lipinski definition) is 1. The number of piperidine rings is 1. The Morgan fingerprint density at radius 3 is 2.62 bits per heavy atom. The summed E-state index contributed by atoms with van der Waals surface area (Å²) in [5.41, 5.74) is 0. The summed E-state index contributed by atoms with van der Waals surface area (Å²) in [4.78, 5) is 2.30. The van der Waals surface area contributed by atoms with Crippen LogP contribution in [-0.4, -0.2) is 43.8 Å². The molecule has 1 rings (SSSR count). The Morgan fingerprint density at radius 2 is 2.08 bits per heavy atom. The summed E-state index contributed by atoms with van der Waals surface area (Å²) in [6, 6.07) is 0.667. The fourth-order valence-electron chi connectivity index (χ4n) is 1.81. The number of hydrogen-bond acceptors (Lipinski definition) is 2. The average molecular weight is 188 g/mol. The van der Waals surface area contributed by atoms with Crippen LogP contribution in [0, 0.1) is 0 Å². The molecule has 78 valence electrons. The molecule has 1 aliphatic heterocycles. The zero-order chi connectivity index (χ0) is 9.68. The van der Waals surface area contributed by atoms with E-state index in [9.17, 15) is 4.39 Å². The van der Waals surface area contributed by atoms with Gasteiger partial charge in [-0.25, -0.2) is 4.39 Å². The van der Waals surface area contributed by atoms with Crippen molar-refractivity contribution in [1.82, 2.24) is 10.2 Å². The summed E-state index contributed by atoms with van der Waals surface area (Å²) in [6.45, 7) is 4.75. The second-order valence-electron chi connectivity index (χ2n) is 4.03. The number of halogens is 1. The van der Waals surface area contributed by atoms with Crippen LogP contribution in [0.25, 0.3) is 0 Å². The molecule has 1 atom stereocenters. The Bertz CT molecular complexity index is 133. The topological polar surface area (TPSA) is 15.3 Å². The molecular weight excluding hydrogens is 167 g/mol. The summed E-state index contributed by atoms with van der Waals surface area (Å²) in [5, 5.41) is 3.33. The summed E-state index contributed by atoms with van der Waals surface area (Å²) in [7, 11) is 2.11. The van der Waals surface area contributed by atoms with Gasteiger partial charge in [-0.05, 0) is 46.3 Å². The van der Waals surface area contributed by atoms with E-state index >= 15 is 0 Å². The molecule has 1 N–H and O–H groups in total. The summed E-state index contributed by atoms with van der Waals surface area (Å²) < 4.78 is 12.6. The molecule has 0 aliphatic carbocycles. The first-order valence-corrected chi connectivity index (χ1v) is 5.25. The van der Waals surface area contributed by atoms with Crippen LogP contribution < -0.4 is 5.32 Å². The van der Waals surface area contributed by atoms with Gasteiger partial charge < -0.3 is 10.2 Å². The van der Waals surface area contributed by atoms with Gasteiger partial charge in [-0.15, -0.1) is 0 Å². The molecule has 0 bridgehead atoms. The smallest absolute Gasteiger partial charge is 0.0985 e. The van der Waals surface area contributed by atoms with E-state index in [1.165, 1.54) is 12.8 Å². The van der Waals surface area contributed by atoms with Crippen LogP contribution in [-0.2, 0) is 0 Å². The van der Waals surface area contributed by atoms with Gasteiger partial charge >= 0.3 is 0 Å². The lowest BCUT2D eigenvalue weighted by atomic mass is 10.1. The van der Waals surface area contributed by atoms with Gasteiger partial charge in [0.2, 0.25) is 0 Å². The van der Waals surface area contributed by atoms with Gasteiger partial charge in [0.25, 0.3) is 0 Å². The van der Waals surface area contributed by atoms with E-state index < -0.39 is 6.17 Å². The van der Waals surface area contributed by atoms with Gasteiger partial charge in [-0.1, -0.05) is 0 Å². The highest BCUT2D eigenvalue weighted by Gasteiger charge is 2.17. The SMILES string of the molecule is CC(F)CCN(C)C1CCNCC1. The van der Waals surface area contributed by atoms with E-state index in [-0.39, 0.29) is 0 Å². The molecule has 1 fully saturated rings. The Kier molecular flexibility index (Phi) is 4.67. The standard InChI is InChI=1S/C10H21FN2/c1-9(11)5-8-13(2)10-3-6-12-7-4-10/h9-10,12H,3-8H2,1-2H3. The molecule has 0 radical (unpaired) electrons. The number of rotatable bonds is 4. The second-order valence-corrected chi connectivity index (χ2v) is 4.03. The number of alkyl halides is 1. The summed E-state index contributed by atoms with van der Waals surface area (Å²) >= 11 is 0. The van der Waals surface area contributed by atoms with Crippen molar-refractivity contribution in [2.45, 2.75) is 38.4 Å². The Morgan fingerprint density at radius 1 is 1.46 bits per heavy atom. The van der Waals surface area contributed by atoms with Gasteiger partial charge in [-0.3, -0.25) is 0 Å². The van der Waals surface area contributed by atoms with Gasteiger partial charge in [-0.2, -0.15) is 0 Å². The number of nitrogens with zero attached hydrogens (tertiary/aromatic N) is 1. The van der Waals surface area contributed by atoms with E-state index in [1.54, 1.807) is 6.92 Å². The lowest BCUT2D eigenvalue weighted by molar-refractivity contribution is 0.179. The summed E-state index contributed by atoms with van der Waals surface area (Å²) in [6.07, 6.45) is 2.42. The van der Waals surface area contributed by atoms with Crippen molar-refractivity contribution >= 4 is 0 Å². The minimum Gasteiger partial charge on any atom is -0.317 e. The van der Waals surface area contributed by atoms with Gasteiger partial charge in [0.05, 0.1) is 6.17 Å². The Hall–Kier alpha value is -0.150. The molecule has 1 aliphatic rings. The summed E-state index contributed by atoms with van der Waals surface area (Å²) in [5.74, 6) is 0. The van der Waals surface area contributed by atoms with Gasteiger partial charge in [0.1, 0.15) is 0 Å².